The van der Waals surface area contributed by atoms with Gasteiger partial charge in [0.2, 0.25) is 11.8 Å². The van der Waals surface area contributed by atoms with E-state index in [9.17, 15) is 9.59 Å². The van der Waals surface area contributed by atoms with Gasteiger partial charge in [0.15, 0.2) is 0 Å². The van der Waals surface area contributed by atoms with Crippen molar-refractivity contribution in [2.75, 3.05) is 6.54 Å². The molecule has 1 saturated heterocycles. The average molecular weight is 378 g/mol. The van der Waals surface area contributed by atoms with E-state index in [2.05, 4.69) is 10.5 Å². The molecule has 8 heteroatoms. The summed E-state index contributed by atoms with van der Waals surface area (Å²) in [6, 6.07) is 8.31. The smallest absolute Gasteiger partial charge is 0.243 e. The molecule has 1 aliphatic heterocycles. The van der Waals surface area contributed by atoms with Gasteiger partial charge in [-0.3, -0.25) is 9.59 Å². The van der Waals surface area contributed by atoms with Gasteiger partial charge in [-0.15, -0.1) is 0 Å². The molecule has 0 bridgehead atoms. The Morgan fingerprint density at radius 3 is 2.81 bits per heavy atom. The number of likely N-dealkylation sites (tertiary alicyclic amines) is 1. The predicted octanol–water partition coefficient (Wildman–Crippen LogP) is 1.67. The SMILES string of the molecule is O=C(NCc1ccc(Cl)cc1)C1CCCN1C(=O)Cc1cc(CO)no1. The number of nitrogens with zero attached hydrogens (tertiary/aromatic N) is 2. The predicted molar refractivity (Wildman–Crippen MR) is 94.2 cm³/mol. The molecule has 26 heavy (non-hydrogen) atoms. The van der Waals surface area contributed by atoms with E-state index in [1.807, 2.05) is 12.1 Å². The maximum atomic E-state index is 12.5. The lowest BCUT2D eigenvalue weighted by Crippen LogP contribution is -2.46. The van der Waals surface area contributed by atoms with E-state index >= 15 is 0 Å². The largest absolute Gasteiger partial charge is 0.390 e. The third-order valence-corrected chi connectivity index (χ3v) is 4.60. The Labute approximate surface area is 155 Å². The number of rotatable bonds is 6. The van der Waals surface area contributed by atoms with Crippen LogP contribution < -0.4 is 5.32 Å². The van der Waals surface area contributed by atoms with Crippen LogP contribution in [-0.4, -0.2) is 39.6 Å². The van der Waals surface area contributed by atoms with Gasteiger partial charge >= 0.3 is 0 Å². The van der Waals surface area contributed by atoms with Crippen molar-refractivity contribution in [2.24, 2.45) is 0 Å². The summed E-state index contributed by atoms with van der Waals surface area (Å²) in [5.74, 6) is 0.0282. The highest BCUT2D eigenvalue weighted by molar-refractivity contribution is 6.30. The molecule has 2 N–H and O–H groups in total. The number of aliphatic hydroxyl groups is 1. The van der Waals surface area contributed by atoms with Crippen LogP contribution in [0.3, 0.4) is 0 Å². The van der Waals surface area contributed by atoms with Crippen LogP contribution in [0.5, 0.6) is 0 Å². The van der Waals surface area contributed by atoms with Crippen LogP contribution in [0.2, 0.25) is 5.02 Å². The molecule has 1 atom stereocenters. The monoisotopic (exact) mass is 377 g/mol. The molecule has 2 amide bonds. The summed E-state index contributed by atoms with van der Waals surface area (Å²) in [6.45, 7) is 0.687. The number of hydrogen-bond donors (Lipinski definition) is 2. The molecule has 0 radical (unpaired) electrons. The van der Waals surface area contributed by atoms with Crippen molar-refractivity contribution in [2.45, 2.75) is 38.5 Å². The summed E-state index contributed by atoms with van der Waals surface area (Å²) in [5, 5.41) is 16.2. The van der Waals surface area contributed by atoms with Crippen molar-refractivity contribution in [3.63, 3.8) is 0 Å². The van der Waals surface area contributed by atoms with E-state index < -0.39 is 6.04 Å². The van der Waals surface area contributed by atoms with Crippen LogP contribution in [-0.2, 0) is 29.2 Å². The van der Waals surface area contributed by atoms with Gasteiger partial charge in [0, 0.05) is 24.2 Å². The Hall–Kier alpha value is -2.38. The Bertz CT molecular complexity index is 775. The first-order valence-corrected chi connectivity index (χ1v) is 8.81. The highest BCUT2D eigenvalue weighted by atomic mass is 35.5. The van der Waals surface area contributed by atoms with Crippen LogP contribution in [0.4, 0.5) is 0 Å². The second kappa shape index (κ2) is 8.33. The van der Waals surface area contributed by atoms with E-state index in [1.54, 1.807) is 23.1 Å². The Morgan fingerprint density at radius 2 is 2.12 bits per heavy atom. The number of aliphatic hydroxyl groups excluding tert-OH is 1. The lowest BCUT2D eigenvalue weighted by Gasteiger charge is -2.23. The molecule has 3 rings (SSSR count). The third-order valence-electron chi connectivity index (χ3n) is 4.35. The molecule has 1 aromatic heterocycles. The zero-order chi connectivity index (χ0) is 18.5. The molecule has 1 unspecified atom stereocenters. The van der Waals surface area contributed by atoms with Gasteiger partial charge in [0.05, 0.1) is 13.0 Å². The fourth-order valence-corrected chi connectivity index (χ4v) is 3.14. The van der Waals surface area contributed by atoms with E-state index in [0.29, 0.717) is 36.0 Å². The van der Waals surface area contributed by atoms with Gasteiger partial charge in [0.1, 0.15) is 17.5 Å². The minimum atomic E-state index is -0.477. The van der Waals surface area contributed by atoms with Gasteiger partial charge in [-0.1, -0.05) is 28.9 Å². The summed E-state index contributed by atoms with van der Waals surface area (Å²) in [4.78, 5) is 26.6. The molecule has 2 aromatic rings. The molecule has 1 aromatic carbocycles. The van der Waals surface area contributed by atoms with Crippen molar-refractivity contribution in [3.8, 4) is 0 Å². The van der Waals surface area contributed by atoms with Crippen LogP contribution in [0.25, 0.3) is 0 Å². The van der Waals surface area contributed by atoms with Crippen molar-refractivity contribution in [1.29, 1.82) is 0 Å². The molecule has 0 saturated carbocycles. The lowest BCUT2D eigenvalue weighted by molar-refractivity contribution is -0.138. The number of carbonyl (C=O) groups excluding carboxylic acids is 2. The maximum absolute atomic E-state index is 12.5. The highest BCUT2D eigenvalue weighted by Gasteiger charge is 2.34. The molecule has 1 fully saturated rings. The number of nitrogens with one attached hydrogen (secondary N) is 1. The zero-order valence-electron chi connectivity index (χ0n) is 14.2. The van der Waals surface area contributed by atoms with Gasteiger partial charge in [-0.25, -0.2) is 0 Å². The third kappa shape index (κ3) is 4.42. The van der Waals surface area contributed by atoms with Gasteiger partial charge in [0.25, 0.3) is 0 Å². The van der Waals surface area contributed by atoms with E-state index in [-0.39, 0.29) is 24.8 Å². The Morgan fingerprint density at radius 1 is 1.35 bits per heavy atom. The number of hydrogen-bond acceptors (Lipinski definition) is 5. The van der Waals surface area contributed by atoms with E-state index in [4.69, 9.17) is 21.2 Å². The fourth-order valence-electron chi connectivity index (χ4n) is 3.01. The molecule has 0 spiro atoms. The quantitative estimate of drug-likeness (QED) is 0.798. The molecular formula is C18H20ClN3O4. The summed E-state index contributed by atoms with van der Waals surface area (Å²) >= 11 is 5.85. The normalized spacial score (nSPS) is 16.7. The minimum Gasteiger partial charge on any atom is -0.390 e. The first-order chi connectivity index (χ1) is 12.6. The van der Waals surface area contributed by atoms with E-state index in [1.165, 1.54) is 0 Å². The van der Waals surface area contributed by atoms with Crippen molar-refractivity contribution < 1.29 is 19.2 Å². The average Bonchev–Trinajstić information content (AvgIpc) is 3.30. The summed E-state index contributed by atoms with van der Waals surface area (Å²) in [5.41, 5.74) is 1.32. The number of carbonyl (C=O) groups is 2. The number of amides is 2. The Balaban J connectivity index is 1.56. The first kappa shape index (κ1) is 18.4. The van der Waals surface area contributed by atoms with Crippen molar-refractivity contribution >= 4 is 23.4 Å². The molecule has 0 aliphatic carbocycles. The lowest BCUT2D eigenvalue weighted by atomic mass is 10.1. The number of aromatic nitrogens is 1. The van der Waals surface area contributed by atoms with Crippen LogP contribution in [0.15, 0.2) is 34.9 Å². The Kier molecular flexibility index (Phi) is 5.90. The summed E-state index contributed by atoms with van der Waals surface area (Å²) < 4.78 is 5.03. The number of halogens is 1. The summed E-state index contributed by atoms with van der Waals surface area (Å²) in [6.07, 6.45) is 1.44. The molecule has 7 nitrogen and oxygen atoms in total. The van der Waals surface area contributed by atoms with Gasteiger partial charge in [-0.2, -0.15) is 0 Å². The first-order valence-electron chi connectivity index (χ1n) is 8.44. The van der Waals surface area contributed by atoms with Crippen LogP contribution in [0, 0.1) is 0 Å². The van der Waals surface area contributed by atoms with Crippen molar-refractivity contribution in [3.05, 3.63) is 52.4 Å². The minimum absolute atomic E-state index is 0.0218. The number of benzene rings is 1. The maximum Gasteiger partial charge on any atom is 0.243 e. The molecule has 2 heterocycles. The van der Waals surface area contributed by atoms with E-state index in [0.717, 1.165) is 12.0 Å². The molecule has 1 aliphatic rings. The molecular weight excluding hydrogens is 358 g/mol. The zero-order valence-corrected chi connectivity index (χ0v) is 14.9. The molecule has 138 valence electrons. The van der Waals surface area contributed by atoms with Gasteiger partial charge in [-0.05, 0) is 30.5 Å². The fraction of sp³-hybridized carbons (Fsp3) is 0.389. The van der Waals surface area contributed by atoms with Crippen LogP contribution >= 0.6 is 11.6 Å². The van der Waals surface area contributed by atoms with Crippen LogP contribution in [0.1, 0.15) is 29.9 Å². The topological polar surface area (TPSA) is 95.7 Å². The second-order valence-electron chi connectivity index (χ2n) is 6.21. The summed E-state index contributed by atoms with van der Waals surface area (Å²) in [7, 11) is 0. The van der Waals surface area contributed by atoms with Gasteiger partial charge < -0.3 is 19.8 Å². The van der Waals surface area contributed by atoms with Crippen molar-refractivity contribution in [1.82, 2.24) is 15.4 Å². The second-order valence-corrected chi connectivity index (χ2v) is 6.65. The highest BCUT2D eigenvalue weighted by Crippen LogP contribution is 2.19. The standard InChI is InChI=1S/C18H20ClN3O4/c19-13-5-3-12(4-6-13)10-20-18(25)16-2-1-7-22(16)17(24)9-15-8-14(11-23)21-26-15/h3-6,8,16,23H,1-2,7,9-11H2,(H,20,25).